The maximum atomic E-state index is 12.7. The minimum absolute atomic E-state index is 0.0169. The molecule has 4 nitrogen and oxygen atoms in total. The lowest BCUT2D eigenvalue weighted by Gasteiger charge is -2.28. The predicted octanol–water partition coefficient (Wildman–Crippen LogP) is 1.52. The Labute approximate surface area is 116 Å². The first kappa shape index (κ1) is 12.7. The number of fused-ring (bicyclic) bond motifs is 1. The molecule has 1 saturated heterocycles. The van der Waals surface area contributed by atoms with Crippen molar-refractivity contribution in [1.29, 1.82) is 0 Å². The van der Waals surface area contributed by atoms with Crippen LogP contribution in [0, 0.1) is 0 Å². The van der Waals surface area contributed by atoms with E-state index in [0.29, 0.717) is 26.1 Å². The molecule has 1 aromatic heterocycles. The van der Waals surface area contributed by atoms with Crippen LogP contribution in [0.15, 0.2) is 11.4 Å². The second-order valence-electron chi connectivity index (χ2n) is 5.17. The quantitative estimate of drug-likeness (QED) is 0.846. The molecule has 2 aliphatic rings. The van der Waals surface area contributed by atoms with Crippen molar-refractivity contribution in [3.63, 3.8) is 0 Å². The Morgan fingerprint density at radius 2 is 2.26 bits per heavy atom. The van der Waals surface area contributed by atoms with Crippen LogP contribution in [0.3, 0.4) is 0 Å². The van der Waals surface area contributed by atoms with Crippen LogP contribution < -0.4 is 5.32 Å². The van der Waals surface area contributed by atoms with Gasteiger partial charge in [0.1, 0.15) is 0 Å². The van der Waals surface area contributed by atoms with E-state index >= 15 is 0 Å². The zero-order valence-corrected chi connectivity index (χ0v) is 11.7. The van der Waals surface area contributed by atoms with Crippen LogP contribution in [-0.4, -0.2) is 36.3 Å². The molecule has 19 heavy (non-hydrogen) atoms. The van der Waals surface area contributed by atoms with Gasteiger partial charge in [-0.25, -0.2) is 0 Å². The van der Waals surface area contributed by atoms with Gasteiger partial charge in [0.2, 0.25) is 11.8 Å². The van der Waals surface area contributed by atoms with Gasteiger partial charge in [-0.15, -0.1) is 11.3 Å². The molecule has 0 aromatic carbocycles. The van der Waals surface area contributed by atoms with Crippen molar-refractivity contribution in [2.45, 2.75) is 31.6 Å². The third-order valence-electron chi connectivity index (χ3n) is 3.97. The zero-order valence-electron chi connectivity index (χ0n) is 10.9. The molecule has 0 spiro atoms. The van der Waals surface area contributed by atoms with Gasteiger partial charge >= 0.3 is 0 Å². The van der Waals surface area contributed by atoms with E-state index in [4.69, 9.17) is 0 Å². The minimum Gasteiger partial charge on any atom is -0.354 e. The normalized spacial score (nSPS) is 23.5. The van der Waals surface area contributed by atoms with Crippen molar-refractivity contribution in [3.8, 4) is 0 Å². The molecule has 102 valence electrons. The Kier molecular flexibility index (Phi) is 3.55. The standard InChI is InChI=1S/C14H18N2O2S/c17-13-4-7-16(8-6-15-13)14(18)11-2-1-3-12-10(11)5-9-19-12/h5,9,11H,1-4,6-8H2,(H,15,17). The van der Waals surface area contributed by atoms with Crippen molar-refractivity contribution < 1.29 is 9.59 Å². The fourth-order valence-electron chi connectivity index (χ4n) is 2.95. The highest BCUT2D eigenvalue weighted by Crippen LogP contribution is 2.36. The predicted molar refractivity (Wildman–Crippen MR) is 74.2 cm³/mol. The summed E-state index contributed by atoms with van der Waals surface area (Å²) in [6.07, 6.45) is 3.57. The Bertz CT molecular complexity index is 497. The third kappa shape index (κ3) is 2.52. The van der Waals surface area contributed by atoms with Gasteiger partial charge in [-0.05, 0) is 36.3 Å². The Hall–Kier alpha value is -1.36. The molecular weight excluding hydrogens is 260 g/mol. The van der Waals surface area contributed by atoms with Gasteiger partial charge in [-0.1, -0.05) is 0 Å². The number of rotatable bonds is 1. The summed E-state index contributed by atoms with van der Waals surface area (Å²) in [5, 5.41) is 4.90. The summed E-state index contributed by atoms with van der Waals surface area (Å²) in [5.41, 5.74) is 1.23. The van der Waals surface area contributed by atoms with Crippen LogP contribution in [0.4, 0.5) is 0 Å². The molecule has 3 rings (SSSR count). The molecular formula is C14H18N2O2S. The molecule has 5 heteroatoms. The summed E-state index contributed by atoms with van der Waals surface area (Å²) in [4.78, 5) is 27.2. The van der Waals surface area contributed by atoms with Gasteiger partial charge in [0.25, 0.3) is 0 Å². The van der Waals surface area contributed by atoms with E-state index in [1.807, 2.05) is 4.90 Å². The fourth-order valence-corrected chi connectivity index (χ4v) is 3.94. The second kappa shape index (κ2) is 5.33. The molecule has 1 aromatic rings. The maximum Gasteiger partial charge on any atom is 0.230 e. The van der Waals surface area contributed by atoms with E-state index in [-0.39, 0.29) is 17.7 Å². The first-order valence-electron chi connectivity index (χ1n) is 6.87. The Morgan fingerprint density at radius 3 is 3.16 bits per heavy atom. The molecule has 0 saturated carbocycles. The van der Waals surface area contributed by atoms with Gasteiger partial charge in [-0.2, -0.15) is 0 Å². The SMILES string of the molecule is O=C1CCN(C(=O)C2CCCc3sccc32)CCN1. The molecule has 1 aliphatic carbocycles. The number of carbonyl (C=O) groups is 2. The Balaban J connectivity index is 1.76. The number of nitrogens with one attached hydrogen (secondary N) is 1. The lowest BCUT2D eigenvalue weighted by molar-refractivity contribution is -0.133. The van der Waals surface area contributed by atoms with Gasteiger partial charge in [-0.3, -0.25) is 9.59 Å². The molecule has 1 fully saturated rings. The number of nitrogens with zero attached hydrogens (tertiary/aromatic N) is 1. The van der Waals surface area contributed by atoms with E-state index in [0.717, 1.165) is 19.3 Å². The molecule has 1 aliphatic heterocycles. The lowest BCUT2D eigenvalue weighted by atomic mass is 9.86. The number of aryl methyl sites for hydroxylation is 1. The molecule has 1 unspecified atom stereocenters. The van der Waals surface area contributed by atoms with Crippen LogP contribution in [-0.2, 0) is 16.0 Å². The topological polar surface area (TPSA) is 49.4 Å². The number of hydrogen-bond acceptors (Lipinski definition) is 3. The second-order valence-corrected chi connectivity index (χ2v) is 6.17. The third-order valence-corrected chi connectivity index (χ3v) is 4.97. The van der Waals surface area contributed by atoms with E-state index in [2.05, 4.69) is 16.8 Å². The van der Waals surface area contributed by atoms with Crippen LogP contribution in [0.25, 0.3) is 0 Å². The van der Waals surface area contributed by atoms with Crippen molar-refractivity contribution in [3.05, 3.63) is 21.9 Å². The van der Waals surface area contributed by atoms with Crippen LogP contribution in [0.2, 0.25) is 0 Å². The average Bonchev–Trinajstić information content (AvgIpc) is 2.80. The van der Waals surface area contributed by atoms with Gasteiger partial charge in [0.05, 0.1) is 5.92 Å². The number of carbonyl (C=O) groups excluding carboxylic acids is 2. The molecule has 1 atom stereocenters. The zero-order chi connectivity index (χ0) is 13.2. The van der Waals surface area contributed by atoms with Crippen LogP contribution in [0.1, 0.15) is 35.6 Å². The summed E-state index contributed by atoms with van der Waals surface area (Å²) >= 11 is 1.76. The fraction of sp³-hybridized carbons (Fsp3) is 0.571. The summed E-state index contributed by atoms with van der Waals surface area (Å²) in [6, 6.07) is 2.10. The molecule has 0 bridgehead atoms. The van der Waals surface area contributed by atoms with Crippen molar-refractivity contribution in [2.24, 2.45) is 0 Å². The molecule has 2 heterocycles. The monoisotopic (exact) mass is 278 g/mol. The van der Waals surface area contributed by atoms with E-state index in [9.17, 15) is 9.59 Å². The van der Waals surface area contributed by atoms with E-state index in [1.54, 1.807) is 11.3 Å². The average molecular weight is 278 g/mol. The van der Waals surface area contributed by atoms with Gasteiger partial charge in [0, 0.05) is 30.9 Å². The van der Waals surface area contributed by atoms with E-state index in [1.165, 1.54) is 10.4 Å². The van der Waals surface area contributed by atoms with Crippen molar-refractivity contribution in [2.75, 3.05) is 19.6 Å². The van der Waals surface area contributed by atoms with Crippen molar-refractivity contribution >= 4 is 23.2 Å². The molecule has 0 radical (unpaired) electrons. The first-order valence-corrected chi connectivity index (χ1v) is 7.75. The van der Waals surface area contributed by atoms with Crippen molar-refractivity contribution in [1.82, 2.24) is 10.2 Å². The highest BCUT2D eigenvalue weighted by Gasteiger charge is 2.31. The van der Waals surface area contributed by atoms with Crippen LogP contribution in [0.5, 0.6) is 0 Å². The molecule has 2 amide bonds. The number of amides is 2. The number of hydrogen-bond donors (Lipinski definition) is 1. The highest BCUT2D eigenvalue weighted by molar-refractivity contribution is 7.10. The highest BCUT2D eigenvalue weighted by atomic mass is 32.1. The summed E-state index contributed by atoms with van der Waals surface area (Å²) in [5.74, 6) is 0.272. The van der Waals surface area contributed by atoms with Gasteiger partial charge in [0.15, 0.2) is 0 Å². The summed E-state index contributed by atoms with van der Waals surface area (Å²) in [6.45, 7) is 1.77. The van der Waals surface area contributed by atoms with Crippen LogP contribution >= 0.6 is 11.3 Å². The molecule has 1 N–H and O–H groups in total. The number of thiophene rings is 1. The largest absolute Gasteiger partial charge is 0.354 e. The lowest BCUT2D eigenvalue weighted by Crippen LogP contribution is -2.38. The minimum atomic E-state index is 0.0169. The first-order chi connectivity index (χ1) is 9.25. The Morgan fingerprint density at radius 1 is 1.37 bits per heavy atom. The van der Waals surface area contributed by atoms with E-state index < -0.39 is 0 Å². The van der Waals surface area contributed by atoms with Gasteiger partial charge < -0.3 is 10.2 Å². The smallest absolute Gasteiger partial charge is 0.230 e. The summed E-state index contributed by atoms with van der Waals surface area (Å²) < 4.78 is 0. The maximum absolute atomic E-state index is 12.7. The summed E-state index contributed by atoms with van der Waals surface area (Å²) in [7, 11) is 0.